The molecule has 0 spiro atoms. The molecular formula is C20H40O3Si. The van der Waals surface area contributed by atoms with Gasteiger partial charge in [-0.2, -0.15) is 0 Å². The van der Waals surface area contributed by atoms with E-state index in [1.165, 1.54) is 32.1 Å². The van der Waals surface area contributed by atoms with Gasteiger partial charge in [-0.3, -0.25) is 0 Å². The van der Waals surface area contributed by atoms with Gasteiger partial charge >= 0.3 is 0 Å². The molecular weight excluding hydrogens is 316 g/mol. The maximum Gasteiger partial charge on any atom is 0.191 e. The summed E-state index contributed by atoms with van der Waals surface area (Å²) in [7, 11) is -1.62. The second-order valence-corrected chi connectivity index (χ2v) is 14.2. The molecule has 0 aromatic carbocycles. The number of hydrogen-bond acceptors (Lipinski definition) is 3. The molecule has 1 aliphatic heterocycles. The second-order valence-electron chi connectivity index (χ2n) is 9.39. The smallest absolute Gasteiger partial charge is 0.191 e. The summed E-state index contributed by atoms with van der Waals surface area (Å²) in [6.45, 7) is 16.6. The van der Waals surface area contributed by atoms with Crippen LogP contribution in [-0.2, 0) is 13.9 Å². The second kappa shape index (κ2) is 8.66. The predicted octanol–water partition coefficient (Wildman–Crippen LogP) is 5.40. The molecule has 24 heavy (non-hydrogen) atoms. The Bertz CT molecular complexity index is 372. The zero-order valence-electron chi connectivity index (χ0n) is 16.9. The molecule has 2 fully saturated rings. The van der Waals surface area contributed by atoms with Crippen molar-refractivity contribution in [2.45, 2.75) is 96.6 Å². The molecule has 1 heterocycles. The highest BCUT2D eigenvalue weighted by molar-refractivity contribution is 6.74. The predicted molar refractivity (Wildman–Crippen MR) is 103 cm³/mol. The highest BCUT2D eigenvalue weighted by Crippen LogP contribution is 2.46. The van der Waals surface area contributed by atoms with Gasteiger partial charge in [0.2, 0.25) is 0 Å². The van der Waals surface area contributed by atoms with Crippen LogP contribution in [0.5, 0.6) is 0 Å². The Hall–Kier alpha value is 0.0969. The lowest BCUT2D eigenvalue weighted by molar-refractivity contribution is -0.0944. The van der Waals surface area contributed by atoms with Crippen molar-refractivity contribution < 1.29 is 13.9 Å². The summed E-state index contributed by atoms with van der Waals surface area (Å²) in [5.41, 5.74) is 0. The van der Waals surface area contributed by atoms with E-state index in [0.29, 0.717) is 29.1 Å². The zero-order valence-corrected chi connectivity index (χ0v) is 17.9. The lowest BCUT2D eigenvalue weighted by Gasteiger charge is -2.36. The van der Waals surface area contributed by atoms with Crippen molar-refractivity contribution in [3.8, 4) is 0 Å². The Labute approximate surface area is 151 Å². The van der Waals surface area contributed by atoms with Crippen LogP contribution in [0.25, 0.3) is 0 Å². The van der Waals surface area contributed by atoms with Crippen LogP contribution in [0, 0.1) is 11.8 Å². The molecule has 4 atom stereocenters. The number of rotatable bonds is 9. The molecule has 2 aliphatic rings. The van der Waals surface area contributed by atoms with Gasteiger partial charge < -0.3 is 13.9 Å². The van der Waals surface area contributed by atoms with Gasteiger partial charge in [-0.25, -0.2) is 0 Å². The van der Waals surface area contributed by atoms with Gasteiger partial charge in [0.05, 0.1) is 18.8 Å². The molecule has 2 rings (SSSR count). The van der Waals surface area contributed by atoms with Gasteiger partial charge in [-0.15, -0.1) is 0 Å². The average Bonchev–Trinajstić information content (AvgIpc) is 3.29. The topological polar surface area (TPSA) is 27.7 Å². The van der Waals surface area contributed by atoms with E-state index in [2.05, 4.69) is 40.8 Å². The molecule has 3 nitrogen and oxygen atoms in total. The summed E-state index contributed by atoms with van der Waals surface area (Å²) in [6, 6.07) is 0. The normalized spacial score (nSPS) is 29.5. The first kappa shape index (κ1) is 20.4. The standard InChI is InChI=1S/C20H40O3Si/c1-7-8-11-19(23-17-10-9-12-21-15-17)18-13-16(18)14-22-24(5,6)20(2,3)4/h16-19H,7-15H2,1-6H3. The van der Waals surface area contributed by atoms with E-state index in [9.17, 15) is 0 Å². The Kier molecular flexibility index (Phi) is 7.36. The molecule has 0 aromatic rings. The van der Waals surface area contributed by atoms with Crippen molar-refractivity contribution in [3.05, 3.63) is 0 Å². The molecule has 0 aromatic heterocycles. The fourth-order valence-electron chi connectivity index (χ4n) is 3.30. The summed E-state index contributed by atoms with van der Waals surface area (Å²) < 4.78 is 18.5. The van der Waals surface area contributed by atoms with Crippen LogP contribution in [0.2, 0.25) is 18.1 Å². The van der Waals surface area contributed by atoms with Crippen LogP contribution >= 0.6 is 0 Å². The first-order valence-corrected chi connectivity index (χ1v) is 13.0. The average molecular weight is 357 g/mol. The first-order chi connectivity index (χ1) is 11.2. The molecule has 142 valence electrons. The Morgan fingerprint density at radius 3 is 2.58 bits per heavy atom. The molecule has 1 saturated carbocycles. The fourth-order valence-corrected chi connectivity index (χ4v) is 4.37. The third-order valence-corrected chi connectivity index (χ3v) is 10.7. The Morgan fingerprint density at radius 1 is 1.25 bits per heavy atom. The third kappa shape index (κ3) is 5.82. The zero-order chi connectivity index (χ0) is 17.8. The molecule has 0 bridgehead atoms. The number of ether oxygens (including phenoxy) is 2. The molecule has 1 aliphatic carbocycles. The summed E-state index contributed by atoms with van der Waals surface area (Å²) in [6.07, 6.45) is 8.07. The van der Waals surface area contributed by atoms with Crippen molar-refractivity contribution >= 4 is 8.32 Å². The lowest BCUT2D eigenvalue weighted by atomic mass is 10.1. The molecule has 4 heteroatoms. The summed E-state index contributed by atoms with van der Waals surface area (Å²) >= 11 is 0. The largest absolute Gasteiger partial charge is 0.417 e. The molecule has 0 N–H and O–H groups in total. The van der Waals surface area contributed by atoms with Crippen LogP contribution in [0.3, 0.4) is 0 Å². The van der Waals surface area contributed by atoms with Crippen LogP contribution < -0.4 is 0 Å². The van der Waals surface area contributed by atoms with E-state index in [0.717, 1.165) is 26.2 Å². The third-order valence-electron chi connectivity index (χ3n) is 6.25. The van der Waals surface area contributed by atoms with Gasteiger partial charge in [0.25, 0.3) is 0 Å². The van der Waals surface area contributed by atoms with Gasteiger partial charge in [0, 0.05) is 13.2 Å². The van der Waals surface area contributed by atoms with Gasteiger partial charge in [-0.1, -0.05) is 40.5 Å². The van der Waals surface area contributed by atoms with E-state index in [1.54, 1.807) is 0 Å². The SMILES string of the molecule is CCCCC(OC1CCCOC1)C1CC1CO[Si](C)(C)C(C)(C)C. The first-order valence-electron chi connectivity index (χ1n) is 10.1. The van der Waals surface area contributed by atoms with Crippen LogP contribution in [0.1, 0.15) is 66.2 Å². The highest BCUT2D eigenvalue weighted by Gasteiger charge is 2.46. The van der Waals surface area contributed by atoms with Crippen molar-refractivity contribution in [1.29, 1.82) is 0 Å². The number of hydrogen-bond donors (Lipinski definition) is 0. The van der Waals surface area contributed by atoms with E-state index in [4.69, 9.17) is 13.9 Å². The van der Waals surface area contributed by atoms with Crippen molar-refractivity contribution in [1.82, 2.24) is 0 Å². The number of unbranched alkanes of at least 4 members (excludes halogenated alkanes) is 1. The molecule has 0 amide bonds. The van der Waals surface area contributed by atoms with Crippen molar-refractivity contribution in [2.75, 3.05) is 19.8 Å². The van der Waals surface area contributed by atoms with E-state index < -0.39 is 8.32 Å². The summed E-state index contributed by atoms with van der Waals surface area (Å²) in [4.78, 5) is 0. The monoisotopic (exact) mass is 356 g/mol. The Morgan fingerprint density at radius 2 is 2.00 bits per heavy atom. The van der Waals surface area contributed by atoms with E-state index >= 15 is 0 Å². The molecule has 1 saturated heterocycles. The fraction of sp³-hybridized carbons (Fsp3) is 1.00. The summed E-state index contributed by atoms with van der Waals surface area (Å²) in [5.74, 6) is 1.42. The van der Waals surface area contributed by atoms with E-state index in [-0.39, 0.29) is 0 Å². The quantitative estimate of drug-likeness (QED) is 0.518. The van der Waals surface area contributed by atoms with Crippen LogP contribution in [0.4, 0.5) is 0 Å². The minimum absolute atomic E-state index is 0.301. The van der Waals surface area contributed by atoms with Crippen molar-refractivity contribution in [3.63, 3.8) is 0 Å². The summed E-state index contributed by atoms with van der Waals surface area (Å²) in [5, 5.41) is 0.301. The van der Waals surface area contributed by atoms with Gasteiger partial charge in [0.15, 0.2) is 8.32 Å². The lowest BCUT2D eigenvalue weighted by Crippen LogP contribution is -2.41. The highest BCUT2D eigenvalue weighted by atomic mass is 28.4. The van der Waals surface area contributed by atoms with Crippen molar-refractivity contribution in [2.24, 2.45) is 11.8 Å². The Balaban J connectivity index is 1.81. The minimum Gasteiger partial charge on any atom is -0.417 e. The molecule has 4 unspecified atom stereocenters. The van der Waals surface area contributed by atoms with Gasteiger partial charge in [0.1, 0.15) is 0 Å². The van der Waals surface area contributed by atoms with Gasteiger partial charge in [-0.05, 0) is 55.7 Å². The van der Waals surface area contributed by atoms with Crippen LogP contribution in [0.15, 0.2) is 0 Å². The van der Waals surface area contributed by atoms with E-state index in [1.807, 2.05) is 0 Å². The minimum atomic E-state index is -1.62. The maximum atomic E-state index is 6.48. The molecule has 0 radical (unpaired) electrons. The van der Waals surface area contributed by atoms with Crippen LogP contribution in [-0.4, -0.2) is 40.3 Å². The maximum absolute atomic E-state index is 6.48.